The summed E-state index contributed by atoms with van der Waals surface area (Å²) >= 11 is 0. The van der Waals surface area contributed by atoms with Crippen LogP contribution < -0.4 is 15.3 Å². The fourth-order valence-electron chi connectivity index (χ4n) is 5.05. The van der Waals surface area contributed by atoms with Crippen LogP contribution in [0.5, 0.6) is 0 Å². The molecule has 0 spiro atoms. The van der Waals surface area contributed by atoms with Crippen LogP contribution >= 0.6 is 0 Å². The molecule has 2 aromatic carbocycles. The quantitative estimate of drug-likeness (QED) is 0.430. The number of urea groups is 1. The van der Waals surface area contributed by atoms with Crippen molar-refractivity contribution in [1.29, 1.82) is 0 Å². The first kappa shape index (κ1) is 26.6. The fourth-order valence-corrected chi connectivity index (χ4v) is 5.05. The third-order valence-electron chi connectivity index (χ3n) is 7.60. The van der Waals surface area contributed by atoms with Gasteiger partial charge in [-0.25, -0.2) is 4.79 Å². The van der Waals surface area contributed by atoms with Gasteiger partial charge in [-0.3, -0.25) is 4.90 Å². The van der Waals surface area contributed by atoms with E-state index >= 15 is 0 Å². The summed E-state index contributed by atoms with van der Waals surface area (Å²) in [5, 5.41) is 0. The summed E-state index contributed by atoms with van der Waals surface area (Å²) in [5.41, 5.74) is 3.07. The van der Waals surface area contributed by atoms with E-state index in [-0.39, 0.29) is 18.8 Å². The van der Waals surface area contributed by atoms with Gasteiger partial charge >= 0.3 is 13.1 Å². The molecule has 36 heavy (non-hydrogen) atoms. The van der Waals surface area contributed by atoms with Crippen LogP contribution in [0.3, 0.4) is 0 Å². The zero-order chi connectivity index (χ0) is 25.5. The van der Waals surface area contributed by atoms with E-state index in [9.17, 15) is 4.79 Å². The van der Waals surface area contributed by atoms with Gasteiger partial charge in [0.25, 0.3) is 0 Å². The van der Waals surface area contributed by atoms with Crippen LogP contribution in [0.25, 0.3) is 0 Å². The Kier molecular flexibility index (Phi) is 8.97. The van der Waals surface area contributed by atoms with Crippen molar-refractivity contribution in [3.05, 3.63) is 54.6 Å². The van der Waals surface area contributed by atoms with Crippen molar-refractivity contribution in [3.63, 3.8) is 0 Å². The summed E-state index contributed by atoms with van der Waals surface area (Å²) in [6.07, 6.45) is 4.16. The third-order valence-corrected chi connectivity index (χ3v) is 7.60. The van der Waals surface area contributed by atoms with Crippen molar-refractivity contribution >= 4 is 30.0 Å². The minimum atomic E-state index is -0.345. The van der Waals surface area contributed by atoms with Gasteiger partial charge in [-0.1, -0.05) is 37.3 Å². The predicted molar refractivity (Wildman–Crippen MR) is 149 cm³/mol. The Morgan fingerprint density at radius 1 is 0.917 bits per heavy atom. The molecule has 4 rings (SSSR count). The number of piperidine rings is 1. The summed E-state index contributed by atoms with van der Waals surface area (Å²) in [7, 11) is -0.345. The van der Waals surface area contributed by atoms with Gasteiger partial charge in [0.1, 0.15) is 0 Å². The molecule has 0 aliphatic carbocycles. The molecule has 0 atom stereocenters. The number of hydrogen-bond acceptors (Lipinski definition) is 4. The lowest BCUT2D eigenvalue weighted by Crippen LogP contribution is -2.51. The third kappa shape index (κ3) is 6.62. The minimum Gasteiger partial charge on any atom is -0.408 e. The standard InChI is InChI=1S/C29H42BN3O3/c1-5-29(3,4)36-30(35-6-2)25-13-15-26(16-14-25)31-21-17-24(18-22-31)23-32-19-10-20-33(28(32)34)27-11-8-7-9-12-27/h7-9,11-16,24H,5-6,10,17-23H2,1-4H3. The first-order valence-electron chi connectivity index (χ1n) is 13.7. The summed E-state index contributed by atoms with van der Waals surface area (Å²) < 4.78 is 12.2. The monoisotopic (exact) mass is 491 g/mol. The Balaban J connectivity index is 1.30. The van der Waals surface area contributed by atoms with Gasteiger partial charge in [0.2, 0.25) is 0 Å². The maximum Gasteiger partial charge on any atom is 0.494 e. The van der Waals surface area contributed by atoms with E-state index in [4.69, 9.17) is 9.31 Å². The number of amides is 2. The molecule has 2 heterocycles. The van der Waals surface area contributed by atoms with E-state index in [1.54, 1.807) is 0 Å². The topological polar surface area (TPSA) is 45.3 Å². The average Bonchev–Trinajstić information content (AvgIpc) is 2.91. The van der Waals surface area contributed by atoms with Crippen LogP contribution in [-0.4, -0.2) is 63.0 Å². The Morgan fingerprint density at radius 2 is 1.61 bits per heavy atom. The van der Waals surface area contributed by atoms with Crippen LogP contribution in [0.15, 0.2) is 54.6 Å². The summed E-state index contributed by atoms with van der Waals surface area (Å²) in [6.45, 7) is 13.5. The van der Waals surface area contributed by atoms with E-state index in [0.29, 0.717) is 12.5 Å². The van der Waals surface area contributed by atoms with Crippen LogP contribution in [-0.2, 0) is 9.31 Å². The Morgan fingerprint density at radius 3 is 2.25 bits per heavy atom. The largest absolute Gasteiger partial charge is 0.494 e. The van der Waals surface area contributed by atoms with Gasteiger partial charge < -0.3 is 19.1 Å². The molecule has 0 unspecified atom stereocenters. The highest BCUT2D eigenvalue weighted by Crippen LogP contribution is 2.26. The van der Waals surface area contributed by atoms with Crippen molar-refractivity contribution in [3.8, 4) is 0 Å². The molecule has 2 aliphatic rings. The number of anilines is 2. The van der Waals surface area contributed by atoms with E-state index in [2.05, 4.69) is 54.8 Å². The van der Waals surface area contributed by atoms with Crippen molar-refractivity contribution in [2.45, 2.75) is 59.0 Å². The normalized spacial score (nSPS) is 17.6. The Hall–Kier alpha value is -2.51. The number of nitrogens with zero attached hydrogens (tertiary/aromatic N) is 3. The first-order valence-corrected chi connectivity index (χ1v) is 13.7. The van der Waals surface area contributed by atoms with E-state index < -0.39 is 0 Å². The zero-order valence-electron chi connectivity index (χ0n) is 22.5. The van der Waals surface area contributed by atoms with Gasteiger partial charge in [0, 0.05) is 56.3 Å². The average molecular weight is 491 g/mol. The number of carbonyl (C=O) groups excluding carboxylic acids is 1. The second-order valence-corrected chi connectivity index (χ2v) is 10.6. The number of rotatable bonds is 10. The molecule has 2 amide bonds. The summed E-state index contributed by atoms with van der Waals surface area (Å²) in [5.74, 6) is 0.548. The molecule has 2 aromatic rings. The molecule has 0 aromatic heterocycles. The summed E-state index contributed by atoms with van der Waals surface area (Å²) in [4.78, 5) is 19.6. The molecule has 2 fully saturated rings. The highest BCUT2D eigenvalue weighted by Gasteiger charge is 2.31. The summed E-state index contributed by atoms with van der Waals surface area (Å²) in [6, 6.07) is 18.9. The van der Waals surface area contributed by atoms with E-state index in [0.717, 1.165) is 69.6 Å². The van der Waals surface area contributed by atoms with Crippen molar-refractivity contribution < 1.29 is 14.1 Å². The highest BCUT2D eigenvalue weighted by molar-refractivity contribution is 6.61. The molecule has 0 bridgehead atoms. The Bertz CT molecular complexity index is 961. The number of benzene rings is 2. The van der Waals surface area contributed by atoms with Crippen molar-refractivity contribution in [2.24, 2.45) is 5.92 Å². The minimum absolute atomic E-state index is 0.155. The van der Waals surface area contributed by atoms with Crippen LogP contribution in [0.1, 0.15) is 53.4 Å². The molecule has 7 heteroatoms. The van der Waals surface area contributed by atoms with Crippen LogP contribution in [0, 0.1) is 5.92 Å². The highest BCUT2D eigenvalue weighted by atomic mass is 16.6. The van der Waals surface area contributed by atoms with Crippen LogP contribution in [0.2, 0.25) is 0 Å². The predicted octanol–water partition coefficient (Wildman–Crippen LogP) is 5.17. The van der Waals surface area contributed by atoms with Crippen LogP contribution in [0.4, 0.5) is 16.2 Å². The molecule has 2 saturated heterocycles. The molecule has 0 N–H and O–H groups in total. The SMILES string of the molecule is CCOB(OC(C)(C)CC)c1ccc(N2CCC(CN3CCCN(c4ccccc4)C3=O)CC2)cc1. The maximum atomic E-state index is 13.1. The van der Waals surface area contributed by atoms with Gasteiger partial charge in [0.05, 0.1) is 0 Å². The van der Waals surface area contributed by atoms with Gasteiger partial charge in [-0.05, 0) is 82.1 Å². The molecule has 2 aliphatic heterocycles. The van der Waals surface area contributed by atoms with E-state index in [1.807, 2.05) is 42.2 Å². The fraction of sp³-hybridized carbons (Fsp3) is 0.552. The molecule has 0 saturated carbocycles. The molecule has 194 valence electrons. The lowest BCUT2D eigenvalue weighted by atomic mass is 9.77. The molecular weight excluding hydrogens is 449 g/mol. The van der Waals surface area contributed by atoms with E-state index in [1.165, 1.54) is 5.69 Å². The smallest absolute Gasteiger partial charge is 0.408 e. The van der Waals surface area contributed by atoms with Gasteiger partial charge in [-0.2, -0.15) is 0 Å². The molecule has 6 nitrogen and oxygen atoms in total. The lowest BCUT2D eigenvalue weighted by molar-refractivity contribution is 0.0706. The number of carbonyl (C=O) groups is 1. The first-order chi connectivity index (χ1) is 17.4. The second-order valence-electron chi connectivity index (χ2n) is 10.6. The van der Waals surface area contributed by atoms with Crippen molar-refractivity contribution in [2.75, 3.05) is 49.1 Å². The zero-order valence-corrected chi connectivity index (χ0v) is 22.5. The molecular formula is C29H42BN3O3. The lowest BCUT2D eigenvalue weighted by Gasteiger charge is -2.40. The second kappa shape index (κ2) is 12.2. The van der Waals surface area contributed by atoms with Gasteiger partial charge in [0.15, 0.2) is 0 Å². The maximum absolute atomic E-state index is 13.1. The number of para-hydroxylation sites is 1. The number of hydrogen-bond donors (Lipinski definition) is 0. The molecule has 0 radical (unpaired) electrons. The van der Waals surface area contributed by atoms with Gasteiger partial charge in [-0.15, -0.1) is 0 Å². The Labute approximate surface area is 217 Å². The van der Waals surface area contributed by atoms with Crippen molar-refractivity contribution in [1.82, 2.24) is 4.90 Å².